The summed E-state index contributed by atoms with van der Waals surface area (Å²) in [5.74, 6) is -1.02. The van der Waals surface area contributed by atoms with Gasteiger partial charge in [-0.2, -0.15) is 0 Å². The summed E-state index contributed by atoms with van der Waals surface area (Å²) in [5.41, 5.74) is 1.71. The monoisotopic (exact) mass is 342 g/mol. The van der Waals surface area contributed by atoms with Gasteiger partial charge in [-0.1, -0.05) is 48.5 Å². The van der Waals surface area contributed by atoms with Gasteiger partial charge in [0.2, 0.25) is 0 Å². The van der Waals surface area contributed by atoms with Crippen LogP contribution in [-0.2, 0) is 4.79 Å². The largest absolute Gasteiger partial charge is 0.480 e. The van der Waals surface area contributed by atoms with Crippen molar-refractivity contribution < 1.29 is 14.3 Å². The maximum Gasteiger partial charge on any atom is 0.317 e. The summed E-state index contributed by atoms with van der Waals surface area (Å²) < 4.78 is 14.5. The Bertz CT molecular complexity index is 723. The predicted octanol–water partition coefficient (Wildman–Crippen LogP) is 3.01. The van der Waals surface area contributed by atoms with Crippen molar-refractivity contribution in [3.63, 3.8) is 0 Å². The maximum absolute atomic E-state index is 14.5. The van der Waals surface area contributed by atoms with Gasteiger partial charge in [0.1, 0.15) is 5.82 Å². The van der Waals surface area contributed by atoms with E-state index < -0.39 is 5.97 Å². The van der Waals surface area contributed by atoms with Crippen LogP contribution in [0.4, 0.5) is 4.39 Å². The topological polar surface area (TPSA) is 43.8 Å². The smallest absolute Gasteiger partial charge is 0.317 e. The molecule has 0 bridgehead atoms. The molecule has 1 N–H and O–H groups in total. The lowest BCUT2D eigenvalue weighted by Crippen LogP contribution is -2.54. The molecular formula is C20H23FN2O2. The van der Waals surface area contributed by atoms with Crippen LogP contribution in [0.2, 0.25) is 0 Å². The lowest BCUT2D eigenvalue weighted by atomic mass is 9.95. The van der Waals surface area contributed by atoms with E-state index in [0.717, 1.165) is 5.56 Å². The third-order valence-corrected chi connectivity index (χ3v) is 4.82. The summed E-state index contributed by atoms with van der Waals surface area (Å²) in [6.07, 6.45) is 0. The Kier molecular flexibility index (Phi) is 5.46. The molecule has 1 fully saturated rings. The van der Waals surface area contributed by atoms with Gasteiger partial charge in [-0.15, -0.1) is 0 Å². The number of hydrogen-bond donors (Lipinski definition) is 1. The van der Waals surface area contributed by atoms with E-state index >= 15 is 0 Å². The minimum absolute atomic E-state index is 0.0463. The Labute approximate surface area is 147 Å². The Balaban J connectivity index is 1.89. The minimum atomic E-state index is -0.811. The number of nitrogens with zero attached hydrogens (tertiary/aromatic N) is 2. The highest BCUT2D eigenvalue weighted by molar-refractivity contribution is 5.69. The second-order valence-corrected chi connectivity index (χ2v) is 6.54. The molecule has 0 amide bonds. The SMILES string of the molecule is CC1CN([C@H](c2ccccc2)c2ccccc2F)CCN1CC(=O)O. The number of carbonyl (C=O) groups is 1. The van der Waals surface area contributed by atoms with Crippen molar-refractivity contribution in [2.45, 2.75) is 19.0 Å². The van der Waals surface area contributed by atoms with Crippen LogP contribution >= 0.6 is 0 Å². The predicted molar refractivity (Wildman–Crippen MR) is 94.9 cm³/mol. The first-order chi connectivity index (χ1) is 12.1. The second-order valence-electron chi connectivity index (χ2n) is 6.54. The number of benzene rings is 2. The van der Waals surface area contributed by atoms with E-state index in [2.05, 4.69) is 4.90 Å². The summed E-state index contributed by atoms with van der Waals surface area (Å²) in [4.78, 5) is 15.2. The standard InChI is InChI=1S/C20H23FN2O2/c1-15-13-23(12-11-22(15)14-19(24)25)20(16-7-3-2-4-8-16)17-9-5-6-10-18(17)21/h2-10,15,20H,11-14H2,1H3,(H,24,25)/t15?,20-/m1/s1. The van der Waals surface area contributed by atoms with E-state index in [1.165, 1.54) is 6.07 Å². The van der Waals surface area contributed by atoms with Crippen LogP contribution in [0.5, 0.6) is 0 Å². The summed E-state index contributed by atoms with van der Waals surface area (Å²) in [5, 5.41) is 9.05. The van der Waals surface area contributed by atoms with Crippen molar-refractivity contribution >= 4 is 5.97 Å². The fourth-order valence-corrected chi connectivity index (χ4v) is 3.59. The van der Waals surface area contributed by atoms with Crippen LogP contribution < -0.4 is 0 Å². The lowest BCUT2D eigenvalue weighted by Gasteiger charge is -2.43. The van der Waals surface area contributed by atoms with E-state index in [1.54, 1.807) is 6.07 Å². The maximum atomic E-state index is 14.5. The summed E-state index contributed by atoms with van der Waals surface area (Å²) >= 11 is 0. The Hall–Kier alpha value is -2.24. The molecule has 1 saturated heterocycles. The first-order valence-corrected chi connectivity index (χ1v) is 8.55. The van der Waals surface area contributed by atoms with E-state index in [0.29, 0.717) is 25.2 Å². The Morgan fingerprint density at radius 2 is 1.84 bits per heavy atom. The molecule has 132 valence electrons. The van der Waals surface area contributed by atoms with Gasteiger partial charge in [-0.25, -0.2) is 4.39 Å². The Morgan fingerprint density at radius 3 is 2.48 bits per heavy atom. The van der Waals surface area contributed by atoms with Crippen molar-refractivity contribution in [1.82, 2.24) is 9.80 Å². The number of carboxylic acid groups (broad SMARTS) is 1. The van der Waals surface area contributed by atoms with Crippen LogP contribution in [0.15, 0.2) is 54.6 Å². The molecule has 1 aliphatic rings. The zero-order valence-corrected chi connectivity index (χ0v) is 14.3. The minimum Gasteiger partial charge on any atom is -0.480 e. The van der Waals surface area contributed by atoms with Crippen molar-refractivity contribution in [2.24, 2.45) is 0 Å². The van der Waals surface area contributed by atoms with Gasteiger partial charge in [0.05, 0.1) is 12.6 Å². The van der Waals surface area contributed by atoms with E-state index in [4.69, 9.17) is 5.11 Å². The fraction of sp³-hybridized carbons (Fsp3) is 0.350. The average Bonchev–Trinajstić information content (AvgIpc) is 2.60. The van der Waals surface area contributed by atoms with E-state index in [9.17, 15) is 9.18 Å². The highest BCUT2D eigenvalue weighted by Gasteiger charge is 2.31. The van der Waals surface area contributed by atoms with Gasteiger partial charge < -0.3 is 5.11 Å². The summed E-state index contributed by atoms with van der Waals surface area (Å²) in [7, 11) is 0. The quantitative estimate of drug-likeness (QED) is 0.907. The molecule has 0 aliphatic carbocycles. The molecule has 3 rings (SSSR count). The van der Waals surface area contributed by atoms with Crippen molar-refractivity contribution in [3.8, 4) is 0 Å². The zero-order valence-electron chi connectivity index (χ0n) is 14.3. The second kappa shape index (κ2) is 7.76. The molecule has 0 spiro atoms. The van der Waals surface area contributed by atoms with E-state index in [-0.39, 0.29) is 24.4 Å². The molecule has 4 nitrogen and oxygen atoms in total. The molecule has 1 unspecified atom stereocenters. The number of rotatable bonds is 5. The van der Waals surface area contributed by atoms with Gasteiger partial charge in [-0.05, 0) is 18.6 Å². The molecule has 5 heteroatoms. The third-order valence-electron chi connectivity index (χ3n) is 4.82. The highest BCUT2D eigenvalue weighted by Crippen LogP contribution is 2.32. The molecule has 0 radical (unpaired) electrons. The summed E-state index contributed by atoms with van der Waals surface area (Å²) in [6, 6.07) is 16.7. The van der Waals surface area contributed by atoms with E-state index in [1.807, 2.05) is 54.3 Å². The van der Waals surface area contributed by atoms with Crippen LogP contribution in [0.1, 0.15) is 24.1 Å². The molecule has 2 atom stereocenters. The molecule has 1 heterocycles. The number of carboxylic acids is 1. The van der Waals surface area contributed by atoms with Crippen molar-refractivity contribution in [2.75, 3.05) is 26.2 Å². The van der Waals surface area contributed by atoms with Crippen molar-refractivity contribution in [3.05, 3.63) is 71.5 Å². The first kappa shape index (κ1) is 17.6. The third kappa shape index (κ3) is 4.06. The number of piperazine rings is 1. The van der Waals surface area contributed by atoms with Gasteiger partial charge in [0.15, 0.2) is 0 Å². The van der Waals surface area contributed by atoms with Crippen molar-refractivity contribution in [1.29, 1.82) is 0 Å². The highest BCUT2D eigenvalue weighted by atomic mass is 19.1. The normalized spacial score (nSPS) is 20.3. The van der Waals surface area contributed by atoms with Gasteiger partial charge in [-0.3, -0.25) is 14.6 Å². The zero-order chi connectivity index (χ0) is 17.8. The molecule has 25 heavy (non-hydrogen) atoms. The van der Waals surface area contributed by atoms with Crippen LogP contribution in [0.3, 0.4) is 0 Å². The fourth-order valence-electron chi connectivity index (χ4n) is 3.59. The first-order valence-electron chi connectivity index (χ1n) is 8.55. The molecular weight excluding hydrogens is 319 g/mol. The lowest BCUT2D eigenvalue weighted by molar-refractivity contribution is -0.139. The summed E-state index contributed by atoms with van der Waals surface area (Å²) in [6.45, 7) is 4.13. The number of aliphatic carboxylic acids is 1. The molecule has 2 aromatic rings. The average molecular weight is 342 g/mol. The molecule has 2 aromatic carbocycles. The van der Waals surface area contributed by atoms with Gasteiger partial charge in [0, 0.05) is 31.2 Å². The van der Waals surface area contributed by atoms with Gasteiger partial charge in [0.25, 0.3) is 0 Å². The number of halogens is 1. The number of hydrogen-bond acceptors (Lipinski definition) is 3. The molecule has 0 saturated carbocycles. The molecule has 1 aliphatic heterocycles. The Morgan fingerprint density at radius 1 is 1.16 bits per heavy atom. The molecule has 0 aromatic heterocycles. The van der Waals surface area contributed by atoms with Crippen LogP contribution in [0.25, 0.3) is 0 Å². The van der Waals surface area contributed by atoms with Crippen LogP contribution in [-0.4, -0.2) is 53.1 Å². The van der Waals surface area contributed by atoms with Gasteiger partial charge >= 0.3 is 5.97 Å². The van der Waals surface area contributed by atoms with Crippen LogP contribution in [0, 0.1) is 5.82 Å².